The monoisotopic (exact) mass is 367 g/mol. The van der Waals surface area contributed by atoms with Crippen molar-refractivity contribution in [2.45, 2.75) is 58.4 Å². The molecule has 2 rings (SSSR count). The van der Waals surface area contributed by atoms with E-state index in [4.69, 9.17) is 4.74 Å². The third kappa shape index (κ3) is 5.27. The van der Waals surface area contributed by atoms with Crippen molar-refractivity contribution < 1.29 is 23.9 Å². The molecule has 146 valence electrons. The second-order valence-corrected chi connectivity index (χ2v) is 7.29. The summed E-state index contributed by atoms with van der Waals surface area (Å²) >= 11 is 0. The van der Waals surface area contributed by atoms with Crippen LogP contribution in [0.15, 0.2) is 0 Å². The molecule has 0 aromatic heterocycles. The van der Waals surface area contributed by atoms with E-state index in [1.165, 1.54) is 0 Å². The molecule has 0 atom stereocenters. The van der Waals surface area contributed by atoms with E-state index in [0.29, 0.717) is 25.7 Å². The van der Waals surface area contributed by atoms with Gasteiger partial charge in [0.2, 0.25) is 5.91 Å². The molecule has 1 aliphatic carbocycles. The summed E-state index contributed by atoms with van der Waals surface area (Å²) in [5, 5.41) is 2.61. The van der Waals surface area contributed by atoms with Crippen molar-refractivity contribution in [3.8, 4) is 0 Å². The Bertz CT molecular complexity index is 543. The standard InChI is InChI=1S/C18H29N3O5/c1-13(2)8-10-26-11-9-19-15(22)12-20-16(23)17(24)21(18(20)25)14-6-4-3-5-7-14/h13-14H,3-12H2,1-2H3,(H,19,22). The molecule has 5 amide bonds. The summed E-state index contributed by atoms with van der Waals surface area (Å²) in [7, 11) is 0. The lowest BCUT2D eigenvalue weighted by Gasteiger charge is -2.28. The first-order chi connectivity index (χ1) is 12.4. The number of nitrogens with zero attached hydrogens (tertiary/aromatic N) is 2. The lowest BCUT2D eigenvalue weighted by molar-refractivity contribution is -0.144. The van der Waals surface area contributed by atoms with E-state index >= 15 is 0 Å². The second kappa shape index (κ2) is 9.66. The molecule has 26 heavy (non-hydrogen) atoms. The molecule has 1 heterocycles. The fraction of sp³-hybridized carbons (Fsp3) is 0.778. The maximum atomic E-state index is 12.4. The minimum absolute atomic E-state index is 0.227. The molecule has 0 unspecified atom stereocenters. The summed E-state index contributed by atoms with van der Waals surface area (Å²) in [4.78, 5) is 50.5. The molecule has 8 nitrogen and oxygen atoms in total. The first-order valence-electron chi connectivity index (χ1n) is 9.45. The van der Waals surface area contributed by atoms with Gasteiger partial charge in [-0.15, -0.1) is 0 Å². The van der Waals surface area contributed by atoms with Crippen molar-refractivity contribution in [2.75, 3.05) is 26.3 Å². The van der Waals surface area contributed by atoms with Gasteiger partial charge < -0.3 is 10.1 Å². The number of amides is 5. The van der Waals surface area contributed by atoms with Gasteiger partial charge in [0.05, 0.1) is 6.61 Å². The summed E-state index contributed by atoms with van der Waals surface area (Å²) < 4.78 is 5.40. The minimum Gasteiger partial charge on any atom is -0.380 e. The van der Waals surface area contributed by atoms with Crippen molar-refractivity contribution in [2.24, 2.45) is 5.92 Å². The number of rotatable bonds is 9. The number of hydrogen-bond acceptors (Lipinski definition) is 5. The average Bonchev–Trinajstić information content (AvgIpc) is 2.82. The van der Waals surface area contributed by atoms with Crippen molar-refractivity contribution in [3.63, 3.8) is 0 Å². The van der Waals surface area contributed by atoms with Crippen LogP contribution in [0.2, 0.25) is 0 Å². The number of imide groups is 2. The quantitative estimate of drug-likeness (QED) is 0.376. The smallest absolute Gasteiger partial charge is 0.334 e. The zero-order chi connectivity index (χ0) is 19.1. The van der Waals surface area contributed by atoms with E-state index in [1.54, 1.807) is 0 Å². The van der Waals surface area contributed by atoms with Crippen LogP contribution in [0.25, 0.3) is 0 Å². The average molecular weight is 367 g/mol. The molecule has 1 N–H and O–H groups in total. The van der Waals surface area contributed by atoms with Gasteiger partial charge in [0.15, 0.2) is 0 Å². The summed E-state index contributed by atoms with van der Waals surface area (Å²) in [6.45, 7) is 5.07. The molecule has 1 aliphatic heterocycles. The molecule has 0 aromatic carbocycles. The van der Waals surface area contributed by atoms with Crippen LogP contribution in [0.4, 0.5) is 4.79 Å². The van der Waals surface area contributed by atoms with Gasteiger partial charge in [-0.2, -0.15) is 0 Å². The molecule has 0 radical (unpaired) electrons. The normalized spacial score (nSPS) is 19.0. The van der Waals surface area contributed by atoms with Gasteiger partial charge in [0, 0.05) is 19.2 Å². The van der Waals surface area contributed by atoms with Gasteiger partial charge >= 0.3 is 17.8 Å². The van der Waals surface area contributed by atoms with Gasteiger partial charge in [-0.1, -0.05) is 33.1 Å². The van der Waals surface area contributed by atoms with E-state index in [1.807, 2.05) is 0 Å². The third-order valence-electron chi connectivity index (χ3n) is 4.73. The first kappa shape index (κ1) is 20.4. The zero-order valence-corrected chi connectivity index (χ0v) is 15.7. The minimum atomic E-state index is -0.913. The van der Waals surface area contributed by atoms with E-state index in [9.17, 15) is 19.2 Å². The van der Waals surface area contributed by atoms with Crippen molar-refractivity contribution in [3.05, 3.63) is 0 Å². The van der Waals surface area contributed by atoms with E-state index in [2.05, 4.69) is 19.2 Å². The third-order valence-corrected chi connectivity index (χ3v) is 4.73. The number of nitrogens with one attached hydrogen (secondary N) is 1. The molecule has 0 spiro atoms. The highest BCUT2D eigenvalue weighted by Gasteiger charge is 2.48. The Hall–Kier alpha value is -1.96. The molecule has 2 aliphatic rings. The molecule has 0 bridgehead atoms. The fourth-order valence-corrected chi connectivity index (χ4v) is 3.21. The Morgan fingerprint density at radius 3 is 2.46 bits per heavy atom. The second-order valence-electron chi connectivity index (χ2n) is 7.29. The van der Waals surface area contributed by atoms with E-state index < -0.39 is 30.3 Å². The topological polar surface area (TPSA) is 96.0 Å². The van der Waals surface area contributed by atoms with Crippen LogP contribution in [0, 0.1) is 5.92 Å². The Kier molecular flexibility index (Phi) is 7.56. The maximum absolute atomic E-state index is 12.4. The molecule has 1 saturated heterocycles. The van der Waals surface area contributed by atoms with Crippen molar-refractivity contribution in [1.82, 2.24) is 15.1 Å². The maximum Gasteiger partial charge on any atom is 0.334 e. The Morgan fingerprint density at radius 2 is 1.81 bits per heavy atom. The van der Waals surface area contributed by atoms with Gasteiger partial charge in [-0.25, -0.2) is 9.69 Å². The lowest BCUT2D eigenvalue weighted by atomic mass is 9.94. The largest absolute Gasteiger partial charge is 0.380 e. The van der Waals surface area contributed by atoms with Crippen LogP contribution in [0.3, 0.4) is 0 Å². The Morgan fingerprint density at radius 1 is 1.12 bits per heavy atom. The number of carbonyl (C=O) groups is 4. The summed E-state index contributed by atoms with van der Waals surface area (Å²) in [6, 6.07) is -0.898. The lowest BCUT2D eigenvalue weighted by Crippen LogP contribution is -2.44. The Labute approximate surface area is 154 Å². The number of ether oxygens (including phenoxy) is 1. The number of urea groups is 1. The first-order valence-corrected chi connectivity index (χ1v) is 9.45. The van der Waals surface area contributed by atoms with Gasteiger partial charge in [-0.05, 0) is 25.2 Å². The zero-order valence-electron chi connectivity index (χ0n) is 15.7. The number of carbonyl (C=O) groups excluding carboxylic acids is 4. The van der Waals surface area contributed by atoms with Gasteiger partial charge in [0.25, 0.3) is 0 Å². The van der Waals surface area contributed by atoms with E-state index in [-0.39, 0.29) is 6.04 Å². The van der Waals surface area contributed by atoms with Gasteiger partial charge in [0.1, 0.15) is 6.54 Å². The van der Waals surface area contributed by atoms with Crippen LogP contribution in [-0.4, -0.2) is 65.9 Å². The van der Waals surface area contributed by atoms with Crippen molar-refractivity contribution >= 4 is 23.8 Å². The molecular formula is C18H29N3O5. The summed E-state index contributed by atoms with van der Waals surface area (Å²) in [5.41, 5.74) is 0. The highest BCUT2D eigenvalue weighted by Crippen LogP contribution is 2.26. The molecule has 0 aromatic rings. The van der Waals surface area contributed by atoms with Crippen molar-refractivity contribution in [1.29, 1.82) is 0 Å². The van der Waals surface area contributed by atoms with Crippen LogP contribution in [-0.2, 0) is 19.1 Å². The molecule has 8 heteroatoms. The highest BCUT2D eigenvalue weighted by molar-refractivity contribution is 6.45. The summed E-state index contributed by atoms with van der Waals surface area (Å²) in [5.74, 6) is -1.64. The predicted molar refractivity (Wildman–Crippen MR) is 94.1 cm³/mol. The SMILES string of the molecule is CC(C)CCOCCNC(=O)CN1C(=O)C(=O)N(C2CCCCC2)C1=O. The van der Waals surface area contributed by atoms with Crippen LogP contribution in [0.5, 0.6) is 0 Å². The van der Waals surface area contributed by atoms with E-state index in [0.717, 1.165) is 48.3 Å². The highest BCUT2D eigenvalue weighted by atomic mass is 16.5. The molecule has 1 saturated carbocycles. The van der Waals surface area contributed by atoms with Gasteiger partial charge in [-0.3, -0.25) is 19.3 Å². The predicted octanol–water partition coefficient (Wildman–Crippen LogP) is 1.29. The van der Waals surface area contributed by atoms with Crippen LogP contribution >= 0.6 is 0 Å². The van der Waals surface area contributed by atoms with Crippen LogP contribution in [0.1, 0.15) is 52.4 Å². The fourth-order valence-electron chi connectivity index (χ4n) is 3.21. The number of hydrogen-bond donors (Lipinski definition) is 1. The molecular weight excluding hydrogens is 338 g/mol. The molecule has 2 fully saturated rings. The summed E-state index contributed by atoms with van der Waals surface area (Å²) in [6.07, 6.45) is 5.34. The van der Waals surface area contributed by atoms with Crippen LogP contribution < -0.4 is 5.32 Å². The Balaban J connectivity index is 1.77.